The van der Waals surface area contributed by atoms with Crippen LogP contribution in [-0.2, 0) is 37.1 Å². The molecule has 0 unspecified atom stereocenters. The van der Waals surface area contributed by atoms with Crippen molar-refractivity contribution in [2.75, 3.05) is 19.6 Å². The van der Waals surface area contributed by atoms with Crippen LogP contribution in [0.3, 0.4) is 0 Å². The van der Waals surface area contributed by atoms with Gasteiger partial charge in [-0.25, -0.2) is 14.3 Å². The lowest BCUT2D eigenvalue weighted by molar-refractivity contribution is -0.137. The van der Waals surface area contributed by atoms with Crippen LogP contribution in [0.15, 0.2) is 36.7 Å². The Balaban J connectivity index is 1.58. The monoisotopic (exact) mass is 650 g/mol. The Morgan fingerprint density at radius 1 is 0.957 bits per heavy atom. The summed E-state index contributed by atoms with van der Waals surface area (Å²) in [5.41, 5.74) is 0.742. The van der Waals surface area contributed by atoms with Crippen molar-refractivity contribution < 1.29 is 24.0 Å². The lowest BCUT2D eigenvalue weighted by atomic mass is 10.0. The summed E-state index contributed by atoms with van der Waals surface area (Å²) in [5, 5.41) is 26.6. The molecule has 4 rings (SSSR count). The first-order valence-electron chi connectivity index (χ1n) is 15.7. The molecule has 1 aromatic carbocycles. The molecule has 0 saturated carbocycles. The van der Waals surface area contributed by atoms with Gasteiger partial charge in [-0.05, 0) is 43.0 Å². The van der Waals surface area contributed by atoms with Crippen LogP contribution in [-0.4, -0.2) is 101 Å². The van der Waals surface area contributed by atoms with E-state index in [9.17, 15) is 24.0 Å². The normalized spacial score (nSPS) is 20.6. The van der Waals surface area contributed by atoms with Gasteiger partial charge in [0.2, 0.25) is 29.5 Å². The largest absolute Gasteiger partial charge is 0.354 e. The molecule has 252 valence electrons. The van der Waals surface area contributed by atoms with E-state index in [0.717, 1.165) is 5.56 Å². The second-order valence-corrected chi connectivity index (χ2v) is 11.9. The van der Waals surface area contributed by atoms with Crippen LogP contribution in [0.4, 0.5) is 0 Å². The van der Waals surface area contributed by atoms with Crippen molar-refractivity contribution >= 4 is 29.5 Å². The SMILES string of the molecule is CC(C)C[C@H]1NC(=O)[C@@H](C)NC(=O)CN(C(=O)CCn2cnnn2)CCCNC(=O)Cn2nc(-c3ccccc3)nc2[C@H](C)NC1=O. The van der Waals surface area contributed by atoms with Crippen molar-refractivity contribution in [2.45, 2.75) is 78.2 Å². The molecule has 17 nitrogen and oxygen atoms in total. The average molecular weight is 651 g/mol. The van der Waals surface area contributed by atoms with Gasteiger partial charge in [-0.1, -0.05) is 44.2 Å². The fourth-order valence-corrected chi connectivity index (χ4v) is 5.04. The molecule has 0 bridgehead atoms. The van der Waals surface area contributed by atoms with E-state index in [4.69, 9.17) is 0 Å². The van der Waals surface area contributed by atoms with Crippen molar-refractivity contribution in [1.29, 1.82) is 0 Å². The molecule has 0 aliphatic carbocycles. The molecule has 2 aromatic heterocycles. The molecule has 1 aliphatic rings. The minimum Gasteiger partial charge on any atom is -0.354 e. The first-order chi connectivity index (χ1) is 22.5. The standard InChI is InChI=1S/C30H42N12O5/c1-19(2)15-23-30(47)34-20(3)28-36-27(22-9-6-5-7-10-22)37-42(28)17-24(43)31-12-8-13-40(16-25(44)33-21(4)29(46)35-23)26(45)11-14-41-18-32-38-39-41/h5-7,9-10,18-21,23H,8,11-17H2,1-4H3,(H,31,43)(H,33,44)(H,34,47)(H,35,46)/t20-,21+,23+/m0/s1. The maximum Gasteiger partial charge on any atom is 0.243 e. The summed E-state index contributed by atoms with van der Waals surface area (Å²) in [4.78, 5) is 71.9. The number of carbonyl (C=O) groups is 5. The van der Waals surface area contributed by atoms with E-state index in [-0.39, 0.29) is 56.9 Å². The van der Waals surface area contributed by atoms with Crippen LogP contribution in [0.5, 0.6) is 0 Å². The predicted molar refractivity (Wildman–Crippen MR) is 168 cm³/mol. The van der Waals surface area contributed by atoms with E-state index in [2.05, 4.69) is 46.9 Å². The van der Waals surface area contributed by atoms with E-state index in [0.29, 0.717) is 24.5 Å². The molecule has 4 N–H and O–H groups in total. The highest BCUT2D eigenvalue weighted by atomic mass is 16.2. The third-order valence-corrected chi connectivity index (χ3v) is 7.44. The number of benzene rings is 1. The molecule has 1 aliphatic heterocycles. The number of tetrazole rings is 1. The van der Waals surface area contributed by atoms with E-state index < -0.39 is 35.8 Å². The lowest BCUT2D eigenvalue weighted by Gasteiger charge is -2.25. The van der Waals surface area contributed by atoms with Gasteiger partial charge >= 0.3 is 0 Å². The minimum atomic E-state index is -0.988. The summed E-state index contributed by atoms with van der Waals surface area (Å²) in [6.45, 7) is 7.21. The number of carbonyl (C=O) groups excluding carboxylic acids is 5. The van der Waals surface area contributed by atoms with Gasteiger partial charge in [0.15, 0.2) is 5.82 Å². The number of hydrogen-bond acceptors (Lipinski definition) is 10. The quantitative estimate of drug-likeness (QED) is 0.271. The molecular formula is C30H42N12O5. The number of hydrogen-bond donors (Lipinski definition) is 4. The van der Waals surface area contributed by atoms with Crippen molar-refractivity contribution in [1.82, 2.24) is 61.1 Å². The molecule has 3 heterocycles. The molecule has 0 fully saturated rings. The third kappa shape index (κ3) is 10.1. The fourth-order valence-electron chi connectivity index (χ4n) is 5.04. The highest BCUT2D eigenvalue weighted by Crippen LogP contribution is 2.19. The molecule has 0 radical (unpaired) electrons. The smallest absolute Gasteiger partial charge is 0.243 e. The Morgan fingerprint density at radius 2 is 1.72 bits per heavy atom. The Kier molecular flexibility index (Phi) is 12.1. The van der Waals surface area contributed by atoms with Crippen molar-refractivity contribution in [3.63, 3.8) is 0 Å². The van der Waals surface area contributed by atoms with Gasteiger partial charge in [0.05, 0.1) is 19.1 Å². The van der Waals surface area contributed by atoms with Crippen LogP contribution < -0.4 is 21.3 Å². The van der Waals surface area contributed by atoms with Gasteiger partial charge in [-0.3, -0.25) is 24.0 Å². The lowest BCUT2D eigenvalue weighted by Crippen LogP contribution is -2.54. The summed E-state index contributed by atoms with van der Waals surface area (Å²) in [6, 6.07) is 6.70. The number of fused-ring (bicyclic) bond motifs is 1. The summed E-state index contributed by atoms with van der Waals surface area (Å²) in [5.74, 6) is -1.41. The molecule has 0 spiro atoms. The number of aryl methyl sites for hydroxylation is 1. The second kappa shape index (κ2) is 16.4. The predicted octanol–water partition coefficient (Wildman–Crippen LogP) is -0.417. The van der Waals surface area contributed by atoms with Crippen LogP contribution >= 0.6 is 0 Å². The Morgan fingerprint density at radius 3 is 2.43 bits per heavy atom. The number of aromatic nitrogens is 7. The van der Waals surface area contributed by atoms with Gasteiger partial charge in [0.25, 0.3) is 0 Å². The number of nitrogens with zero attached hydrogens (tertiary/aromatic N) is 8. The zero-order valence-corrected chi connectivity index (χ0v) is 27.0. The van der Waals surface area contributed by atoms with Crippen LogP contribution in [0.2, 0.25) is 0 Å². The van der Waals surface area contributed by atoms with Gasteiger partial charge in [-0.15, -0.1) is 5.10 Å². The average Bonchev–Trinajstić information content (AvgIpc) is 3.71. The molecule has 0 saturated heterocycles. The molecule has 3 aromatic rings. The van der Waals surface area contributed by atoms with Gasteiger partial charge in [0.1, 0.15) is 30.8 Å². The third-order valence-electron chi connectivity index (χ3n) is 7.44. The minimum absolute atomic E-state index is 0.0315. The van der Waals surface area contributed by atoms with Gasteiger partial charge < -0.3 is 26.2 Å². The first-order valence-corrected chi connectivity index (χ1v) is 15.7. The van der Waals surface area contributed by atoms with Crippen molar-refractivity contribution in [3.05, 3.63) is 42.5 Å². The Hall–Kier alpha value is -5.22. The first kappa shape index (κ1) is 34.6. The highest BCUT2D eigenvalue weighted by Gasteiger charge is 2.29. The van der Waals surface area contributed by atoms with Crippen LogP contribution in [0, 0.1) is 5.92 Å². The van der Waals surface area contributed by atoms with E-state index in [1.807, 2.05) is 44.2 Å². The molecule has 3 atom stereocenters. The summed E-state index contributed by atoms with van der Waals surface area (Å²) in [6.07, 6.45) is 2.10. The second-order valence-electron chi connectivity index (χ2n) is 11.9. The maximum absolute atomic E-state index is 13.5. The van der Waals surface area contributed by atoms with Gasteiger partial charge in [0, 0.05) is 25.1 Å². The molecular weight excluding hydrogens is 608 g/mol. The van der Waals surface area contributed by atoms with Crippen LogP contribution in [0.1, 0.15) is 58.8 Å². The van der Waals surface area contributed by atoms with E-state index >= 15 is 0 Å². The Bertz CT molecular complexity index is 1520. The summed E-state index contributed by atoms with van der Waals surface area (Å²) < 4.78 is 2.86. The highest BCUT2D eigenvalue weighted by molar-refractivity contribution is 5.93. The van der Waals surface area contributed by atoms with E-state index in [1.54, 1.807) is 6.92 Å². The number of nitrogens with one attached hydrogen (secondary N) is 4. The molecule has 47 heavy (non-hydrogen) atoms. The van der Waals surface area contributed by atoms with Crippen molar-refractivity contribution in [3.8, 4) is 11.4 Å². The summed E-state index contributed by atoms with van der Waals surface area (Å²) >= 11 is 0. The number of amides is 5. The van der Waals surface area contributed by atoms with Gasteiger partial charge in [-0.2, -0.15) is 5.10 Å². The fraction of sp³-hybridized carbons (Fsp3) is 0.533. The summed E-state index contributed by atoms with van der Waals surface area (Å²) in [7, 11) is 0. The van der Waals surface area contributed by atoms with E-state index in [1.165, 1.54) is 27.5 Å². The molecule has 5 amide bonds. The Labute approximate surface area is 272 Å². The zero-order valence-electron chi connectivity index (χ0n) is 27.0. The van der Waals surface area contributed by atoms with Crippen molar-refractivity contribution in [2.24, 2.45) is 5.92 Å². The maximum atomic E-state index is 13.5. The zero-order chi connectivity index (χ0) is 33.9. The topological polar surface area (TPSA) is 211 Å². The van der Waals surface area contributed by atoms with Crippen LogP contribution in [0.25, 0.3) is 11.4 Å². The molecule has 17 heteroatoms. The number of rotatable bonds is 6.